The quantitative estimate of drug-likeness (QED) is 0.829. The van der Waals surface area contributed by atoms with E-state index >= 15 is 0 Å². The van der Waals surface area contributed by atoms with Crippen LogP contribution in [0.15, 0.2) is 53.4 Å². The number of anilines is 1. The normalized spacial score (nSPS) is 11.1. The predicted molar refractivity (Wildman–Crippen MR) is 92.6 cm³/mol. The first kappa shape index (κ1) is 18.0. The molecule has 0 aliphatic rings. The van der Waals surface area contributed by atoms with Crippen LogP contribution in [0.2, 0.25) is 0 Å². The fraction of sp³-hybridized carbons (Fsp3) is 0.235. The van der Waals surface area contributed by atoms with Gasteiger partial charge in [0, 0.05) is 19.2 Å². The minimum atomic E-state index is -3.78. The van der Waals surface area contributed by atoms with Crippen molar-refractivity contribution >= 4 is 21.6 Å². The number of hydrogen-bond acceptors (Lipinski definition) is 4. The van der Waals surface area contributed by atoms with Crippen LogP contribution in [0.25, 0.3) is 0 Å². The Hall–Kier alpha value is -2.38. The molecule has 0 fully saturated rings. The molecule has 2 rings (SSSR count). The molecule has 24 heavy (non-hydrogen) atoms. The number of aryl methyl sites for hydroxylation is 1. The van der Waals surface area contributed by atoms with Gasteiger partial charge >= 0.3 is 0 Å². The predicted octanol–water partition coefficient (Wildman–Crippen LogP) is 1.54. The van der Waals surface area contributed by atoms with Crippen molar-refractivity contribution in [2.24, 2.45) is 0 Å². The lowest BCUT2D eigenvalue weighted by molar-refractivity contribution is 0.0944. The molecule has 6 nitrogen and oxygen atoms in total. The molecular weight excluding hydrogens is 328 g/mol. The number of carbonyl (C=O) groups is 1. The van der Waals surface area contributed by atoms with Gasteiger partial charge in [0.2, 0.25) is 0 Å². The average Bonchev–Trinajstić information content (AvgIpc) is 2.59. The third-order valence-electron chi connectivity index (χ3n) is 3.55. The van der Waals surface area contributed by atoms with Crippen LogP contribution in [0.4, 0.5) is 5.69 Å². The zero-order chi connectivity index (χ0) is 17.7. The van der Waals surface area contributed by atoms with E-state index in [1.807, 2.05) is 19.1 Å². The molecule has 0 saturated carbocycles. The molecular formula is C17H20N2O4S. The van der Waals surface area contributed by atoms with Crippen molar-refractivity contribution in [3.63, 3.8) is 0 Å². The van der Waals surface area contributed by atoms with Crippen LogP contribution in [0, 0.1) is 6.92 Å². The number of aliphatic hydroxyl groups is 1. The van der Waals surface area contributed by atoms with Gasteiger partial charge < -0.3 is 10.4 Å². The summed E-state index contributed by atoms with van der Waals surface area (Å²) in [7, 11) is -2.31. The zero-order valence-corrected chi connectivity index (χ0v) is 14.4. The molecule has 128 valence electrons. The summed E-state index contributed by atoms with van der Waals surface area (Å²) in [5, 5.41) is 11.2. The molecule has 0 bridgehead atoms. The van der Waals surface area contributed by atoms with E-state index in [2.05, 4.69) is 5.32 Å². The lowest BCUT2D eigenvalue weighted by Crippen LogP contribution is -2.28. The Morgan fingerprint density at radius 3 is 2.46 bits per heavy atom. The van der Waals surface area contributed by atoms with Crippen LogP contribution in [0.5, 0.6) is 0 Å². The second-order valence-electron chi connectivity index (χ2n) is 5.32. The van der Waals surface area contributed by atoms with E-state index in [4.69, 9.17) is 5.11 Å². The molecule has 7 heteroatoms. The molecule has 0 spiro atoms. The van der Waals surface area contributed by atoms with E-state index in [-0.39, 0.29) is 23.6 Å². The highest BCUT2D eigenvalue weighted by Gasteiger charge is 2.22. The maximum absolute atomic E-state index is 12.8. The molecule has 0 unspecified atom stereocenters. The summed E-state index contributed by atoms with van der Waals surface area (Å²) in [4.78, 5) is 12.0. The Kier molecular flexibility index (Phi) is 5.58. The van der Waals surface area contributed by atoms with Crippen LogP contribution < -0.4 is 9.62 Å². The van der Waals surface area contributed by atoms with Crippen molar-refractivity contribution in [2.75, 3.05) is 24.5 Å². The van der Waals surface area contributed by atoms with E-state index in [0.717, 1.165) is 5.56 Å². The highest BCUT2D eigenvalue weighted by atomic mass is 32.2. The Balaban J connectivity index is 2.32. The minimum Gasteiger partial charge on any atom is -0.395 e. The van der Waals surface area contributed by atoms with Gasteiger partial charge in [0.05, 0.1) is 17.2 Å². The third kappa shape index (κ3) is 3.93. The zero-order valence-electron chi connectivity index (χ0n) is 13.6. The van der Waals surface area contributed by atoms with Gasteiger partial charge in [-0.2, -0.15) is 0 Å². The van der Waals surface area contributed by atoms with Gasteiger partial charge in [0.1, 0.15) is 0 Å². The van der Waals surface area contributed by atoms with Crippen LogP contribution in [0.1, 0.15) is 15.9 Å². The summed E-state index contributed by atoms with van der Waals surface area (Å²) >= 11 is 0. The number of carbonyl (C=O) groups excluding carboxylic acids is 1. The van der Waals surface area contributed by atoms with Crippen molar-refractivity contribution in [2.45, 2.75) is 11.8 Å². The number of amides is 1. The van der Waals surface area contributed by atoms with E-state index in [1.165, 1.54) is 35.6 Å². The first-order valence-electron chi connectivity index (χ1n) is 7.41. The highest BCUT2D eigenvalue weighted by Crippen LogP contribution is 2.23. The second-order valence-corrected chi connectivity index (χ2v) is 7.28. The van der Waals surface area contributed by atoms with Gasteiger partial charge in [-0.15, -0.1) is 0 Å². The van der Waals surface area contributed by atoms with Gasteiger partial charge in [-0.1, -0.05) is 23.8 Å². The summed E-state index contributed by atoms with van der Waals surface area (Å²) in [5.41, 5.74) is 1.80. The number of nitrogens with one attached hydrogen (secondary N) is 1. The number of benzene rings is 2. The molecule has 2 aromatic carbocycles. The minimum absolute atomic E-state index is 0.0298. The maximum atomic E-state index is 12.8. The largest absolute Gasteiger partial charge is 0.395 e. The monoisotopic (exact) mass is 348 g/mol. The van der Waals surface area contributed by atoms with Crippen LogP contribution in [-0.2, 0) is 10.0 Å². The van der Waals surface area contributed by atoms with E-state index in [1.54, 1.807) is 12.1 Å². The summed E-state index contributed by atoms with van der Waals surface area (Å²) in [6.45, 7) is 1.85. The Bertz CT molecular complexity index is 817. The van der Waals surface area contributed by atoms with Crippen LogP contribution >= 0.6 is 0 Å². The average molecular weight is 348 g/mol. The summed E-state index contributed by atoms with van der Waals surface area (Å²) in [6.07, 6.45) is 0. The number of sulfonamides is 1. The summed E-state index contributed by atoms with van der Waals surface area (Å²) < 4.78 is 26.7. The molecule has 2 N–H and O–H groups in total. The Morgan fingerprint density at radius 1 is 1.17 bits per heavy atom. The highest BCUT2D eigenvalue weighted by molar-refractivity contribution is 7.92. The fourth-order valence-electron chi connectivity index (χ4n) is 2.12. The molecule has 2 aromatic rings. The standard InChI is InChI=1S/C17H20N2O4S/c1-13-6-8-15(9-7-13)19(2)24(22,23)16-5-3-4-14(12-16)17(21)18-10-11-20/h3-9,12,20H,10-11H2,1-2H3,(H,18,21). The topological polar surface area (TPSA) is 86.7 Å². The molecule has 1 amide bonds. The van der Waals surface area contributed by atoms with Gasteiger partial charge in [-0.25, -0.2) is 8.42 Å². The third-order valence-corrected chi connectivity index (χ3v) is 5.33. The molecule has 0 radical (unpaired) electrons. The summed E-state index contributed by atoms with van der Waals surface area (Å²) in [6, 6.07) is 12.9. The SMILES string of the molecule is Cc1ccc(N(C)S(=O)(=O)c2cccc(C(=O)NCCO)c2)cc1. The smallest absolute Gasteiger partial charge is 0.264 e. The van der Waals surface area contributed by atoms with Crippen molar-refractivity contribution in [3.8, 4) is 0 Å². The Morgan fingerprint density at radius 2 is 1.83 bits per heavy atom. The van der Waals surface area contributed by atoms with E-state index in [9.17, 15) is 13.2 Å². The number of nitrogens with zero attached hydrogens (tertiary/aromatic N) is 1. The molecule has 0 aliphatic carbocycles. The van der Waals surface area contributed by atoms with E-state index in [0.29, 0.717) is 5.69 Å². The van der Waals surface area contributed by atoms with Crippen molar-refractivity contribution in [1.82, 2.24) is 5.32 Å². The van der Waals surface area contributed by atoms with Gasteiger partial charge in [0.15, 0.2) is 0 Å². The molecule has 0 saturated heterocycles. The van der Waals surface area contributed by atoms with Gasteiger partial charge in [-0.3, -0.25) is 9.10 Å². The second kappa shape index (κ2) is 7.46. The number of hydrogen-bond donors (Lipinski definition) is 2. The van der Waals surface area contributed by atoms with E-state index < -0.39 is 15.9 Å². The lowest BCUT2D eigenvalue weighted by atomic mass is 10.2. The van der Waals surface area contributed by atoms with Crippen molar-refractivity contribution in [3.05, 3.63) is 59.7 Å². The fourth-order valence-corrected chi connectivity index (χ4v) is 3.36. The van der Waals surface area contributed by atoms with Crippen LogP contribution in [-0.4, -0.2) is 39.6 Å². The number of aliphatic hydroxyl groups excluding tert-OH is 1. The first-order chi connectivity index (χ1) is 11.4. The van der Waals surface area contributed by atoms with Crippen molar-refractivity contribution < 1.29 is 18.3 Å². The van der Waals surface area contributed by atoms with Gasteiger partial charge in [0.25, 0.3) is 15.9 Å². The molecule has 0 atom stereocenters. The van der Waals surface area contributed by atoms with Crippen LogP contribution in [0.3, 0.4) is 0 Å². The molecule has 0 aliphatic heterocycles. The number of rotatable bonds is 6. The van der Waals surface area contributed by atoms with Gasteiger partial charge in [-0.05, 0) is 37.3 Å². The first-order valence-corrected chi connectivity index (χ1v) is 8.85. The maximum Gasteiger partial charge on any atom is 0.264 e. The molecule has 0 heterocycles. The lowest BCUT2D eigenvalue weighted by Gasteiger charge is -2.20. The Labute approximate surface area is 141 Å². The van der Waals surface area contributed by atoms with Crippen molar-refractivity contribution in [1.29, 1.82) is 0 Å². The molecule has 0 aromatic heterocycles. The summed E-state index contributed by atoms with van der Waals surface area (Å²) in [5.74, 6) is -0.431.